The number of amides is 1. The van der Waals surface area contributed by atoms with Crippen LogP contribution in [-0.2, 0) is 18.3 Å². The number of hydrogen-bond donors (Lipinski definition) is 1. The highest BCUT2D eigenvalue weighted by molar-refractivity contribution is 5.77. The molecule has 0 radical (unpaired) electrons. The van der Waals surface area contributed by atoms with Gasteiger partial charge in [0.2, 0.25) is 5.91 Å². The van der Waals surface area contributed by atoms with Crippen LogP contribution in [0.5, 0.6) is 0 Å². The van der Waals surface area contributed by atoms with Gasteiger partial charge < -0.3 is 5.32 Å². The summed E-state index contributed by atoms with van der Waals surface area (Å²) in [6.45, 7) is 2.65. The Morgan fingerprint density at radius 2 is 1.85 bits per heavy atom. The Morgan fingerprint density at radius 3 is 2.54 bits per heavy atom. The first-order chi connectivity index (χ1) is 12.6. The van der Waals surface area contributed by atoms with Crippen molar-refractivity contribution in [2.45, 2.75) is 25.7 Å². The van der Waals surface area contributed by atoms with Gasteiger partial charge in [0.25, 0.3) is 0 Å². The molecule has 26 heavy (non-hydrogen) atoms. The van der Waals surface area contributed by atoms with Crippen LogP contribution in [0.3, 0.4) is 0 Å². The molecule has 0 aliphatic heterocycles. The fourth-order valence-electron chi connectivity index (χ4n) is 3.19. The van der Waals surface area contributed by atoms with Crippen LogP contribution in [0.15, 0.2) is 60.9 Å². The van der Waals surface area contributed by atoms with Gasteiger partial charge >= 0.3 is 0 Å². The van der Waals surface area contributed by atoms with E-state index in [1.165, 1.54) is 17.5 Å². The molecule has 2 aromatic carbocycles. The zero-order chi connectivity index (χ0) is 18.4. The topological polar surface area (TPSA) is 59.8 Å². The maximum atomic E-state index is 12.6. The van der Waals surface area contributed by atoms with Crippen molar-refractivity contribution in [3.8, 4) is 0 Å². The van der Waals surface area contributed by atoms with Crippen molar-refractivity contribution in [3.63, 3.8) is 0 Å². The Balaban J connectivity index is 1.69. The van der Waals surface area contributed by atoms with Crippen molar-refractivity contribution < 1.29 is 4.79 Å². The molecule has 134 valence electrons. The van der Waals surface area contributed by atoms with E-state index in [0.29, 0.717) is 19.4 Å². The molecule has 3 aromatic rings. The van der Waals surface area contributed by atoms with Crippen LogP contribution in [0.2, 0.25) is 0 Å². The van der Waals surface area contributed by atoms with Crippen LogP contribution >= 0.6 is 0 Å². The number of rotatable bonds is 7. The van der Waals surface area contributed by atoms with E-state index in [-0.39, 0.29) is 11.8 Å². The van der Waals surface area contributed by atoms with Crippen molar-refractivity contribution in [2.24, 2.45) is 7.05 Å². The fraction of sp³-hybridized carbons (Fsp3) is 0.286. The summed E-state index contributed by atoms with van der Waals surface area (Å²) in [7, 11) is 1.85. The van der Waals surface area contributed by atoms with Crippen LogP contribution in [0.1, 0.15) is 34.9 Å². The molecule has 1 amide bonds. The van der Waals surface area contributed by atoms with Gasteiger partial charge in [-0.1, -0.05) is 54.6 Å². The van der Waals surface area contributed by atoms with E-state index >= 15 is 0 Å². The standard InChI is InChI=1S/C21H24N4O/c1-16-8-6-7-11-18(16)19(17-9-4-3-5-10-17)14-21(26)22-13-12-20-23-15-24-25(20)2/h3-11,15,19H,12-14H2,1-2H3,(H,22,26)/t19-/m1/s1. The monoisotopic (exact) mass is 348 g/mol. The zero-order valence-electron chi connectivity index (χ0n) is 15.2. The maximum absolute atomic E-state index is 12.6. The molecule has 0 unspecified atom stereocenters. The molecule has 0 fully saturated rings. The molecule has 5 nitrogen and oxygen atoms in total. The van der Waals surface area contributed by atoms with Crippen molar-refractivity contribution >= 4 is 5.91 Å². The van der Waals surface area contributed by atoms with Crippen LogP contribution in [0, 0.1) is 6.92 Å². The highest BCUT2D eigenvalue weighted by atomic mass is 16.1. The summed E-state index contributed by atoms with van der Waals surface area (Å²) in [6.07, 6.45) is 2.62. The smallest absolute Gasteiger partial charge is 0.220 e. The second kappa shape index (κ2) is 8.43. The Morgan fingerprint density at radius 1 is 1.12 bits per heavy atom. The maximum Gasteiger partial charge on any atom is 0.220 e. The summed E-state index contributed by atoms with van der Waals surface area (Å²) in [5, 5.41) is 7.06. The van der Waals surface area contributed by atoms with Gasteiger partial charge in [-0.2, -0.15) is 5.10 Å². The van der Waals surface area contributed by atoms with Crippen molar-refractivity contribution in [3.05, 3.63) is 83.4 Å². The number of aromatic nitrogens is 3. The molecule has 0 saturated heterocycles. The van der Waals surface area contributed by atoms with Crippen molar-refractivity contribution in [2.75, 3.05) is 6.54 Å². The second-order valence-corrected chi connectivity index (χ2v) is 6.42. The average Bonchev–Trinajstić information content (AvgIpc) is 3.06. The lowest BCUT2D eigenvalue weighted by atomic mass is 9.86. The number of aryl methyl sites for hydroxylation is 2. The van der Waals surface area contributed by atoms with Crippen LogP contribution in [0.4, 0.5) is 0 Å². The first kappa shape index (κ1) is 17.9. The van der Waals surface area contributed by atoms with Gasteiger partial charge in [0.05, 0.1) is 0 Å². The second-order valence-electron chi connectivity index (χ2n) is 6.42. The molecular formula is C21H24N4O. The Hall–Kier alpha value is -2.95. The summed E-state index contributed by atoms with van der Waals surface area (Å²) < 4.78 is 1.73. The first-order valence-corrected chi connectivity index (χ1v) is 8.85. The van der Waals surface area contributed by atoms with Gasteiger partial charge in [-0.15, -0.1) is 0 Å². The SMILES string of the molecule is Cc1ccccc1[C@H](CC(=O)NCCc1ncnn1C)c1ccccc1. The predicted molar refractivity (Wildman–Crippen MR) is 102 cm³/mol. The molecule has 0 saturated carbocycles. The summed E-state index contributed by atoms with van der Waals surface area (Å²) in [5.74, 6) is 0.959. The molecular weight excluding hydrogens is 324 g/mol. The molecule has 1 atom stereocenters. The number of carbonyl (C=O) groups is 1. The number of carbonyl (C=O) groups excluding carboxylic acids is 1. The van der Waals surface area contributed by atoms with Gasteiger partial charge in [-0.05, 0) is 23.6 Å². The number of nitrogens with zero attached hydrogens (tertiary/aromatic N) is 3. The lowest BCUT2D eigenvalue weighted by Crippen LogP contribution is -2.28. The zero-order valence-corrected chi connectivity index (χ0v) is 15.2. The minimum Gasteiger partial charge on any atom is -0.356 e. The molecule has 5 heteroatoms. The van der Waals surface area contributed by atoms with Gasteiger partial charge in [0.1, 0.15) is 12.2 Å². The highest BCUT2D eigenvalue weighted by Crippen LogP contribution is 2.30. The Kier molecular flexibility index (Phi) is 5.79. The Bertz CT molecular complexity index is 857. The minimum atomic E-state index is 0.0456. The molecule has 1 aromatic heterocycles. The molecule has 0 aliphatic carbocycles. The molecule has 0 spiro atoms. The molecule has 3 rings (SSSR count). The van der Waals surface area contributed by atoms with Crippen LogP contribution < -0.4 is 5.32 Å². The van der Waals surface area contributed by atoms with E-state index in [0.717, 1.165) is 11.4 Å². The fourth-order valence-corrected chi connectivity index (χ4v) is 3.19. The summed E-state index contributed by atoms with van der Waals surface area (Å²) in [4.78, 5) is 16.8. The summed E-state index contributed by atoms with van der Waals surface area (Å²) in [6, 6.07) is 18.5. The summed E-state index contributed by atoms with van der Waals surface area (Å²) >= 11 is 0. The number of nitrogens with one attached hydrogen (secondary N) is 1. The average molecular weight is 348 g/mol. The van der Waals surface area contributed by atoms with Gasteiger partial charge in [0.15, 0.2) is 0 Å². The van der Waals surface area contributed by atoms with E-state index < -0.39 is 0 Å². The van der Waals surface area contributed by atoms with Crippen LogP contribution in [-0.4, -0.2) is 27.2 Å². The lowest BCUT2D eigenvalue weighted by Gasteiger charge is -2.20. The largest absolute Gasteiger partial charge is 0.356 e. The minimum absolute atomic E-state index is 0.0456. The highest BCUT2D eigenvalue weighted by Gasteiger charge is 2.19. The van der Waals surface area contributed by atoms with E-state index in [2.05, 4.69) is 46.6 Å². The first-order valence-electron chi connectivity index (χ1n) is 8.85. The third-order valence-electron chi connectivity index (χ3n) is 4.63. The molecule has 0 aliphatic rings. The van der Waals surface area contributed by atoms with E-state index in [1.807, 2.05) is 37.4 Å². The summed E-state index contributed by atoms with van der Waals surface area (Å²) in [5.41, 5.74) is 3.56. The molecule has 1 heterocycles. The molecule has 1 N–H and O–H groups in total. The lowest BCUT2D eigenvalue weighted by molar-refractivity contribution is -0.121. The van der Waals surface area contributed by atoms with Crippen molar-refractivity contribution in [1.29, 1.82) is 0 Å². The Labute approximate surface area is 154 Å². The molecule has 0 bridgehead atoms. The number of hydrogen-bond acceptors (Lipinski definition) is 3. The van der Waals surface area contributed by atoms with Gasteiger partial charge in [-0.3, -0.25) is 9.48 Å². The van der Waals surface area contributed by atoms with Crippen LogP contribution in [0.25, 0.3) is 0 Å². The normalized spacial score (nSPS) is 11.9. The quantitative estimate of drug-likeness (QED) is 0.714. The third-order valence-corrected chi connectivity index (χ3v) is 4.63. The van der Waals surface area contributed by atoms with E-state index in [4.69, 9.17) is 0 Å². The van der Waals surface area contributed by atoms with Gasteiger partial charge in [-0.25, -0.2) is 4.98 Å². The van der Waals surface area contributed by atoms with Gasteiger partial charge in [0, 0.05) is 32.4 Å². The van der Waals surface area contributed by atoms with E-state index in [1.54, 1.807) is 4.68 Å². The van der Waals surface area contributed by atoms with E-state index in [9.17, 15) is 4.79 Å². The number of benzene rings is 2. The van der Waals surface area contributed by atoms with Crippen molar-refractivity contribution in [1.82, 2.24) is 20.1 Å². The predicted octanol–water partition coefficient (Wildman–Crippen LogP) is 3.00. The third kappa shape index (κ3) is 4.36.